The minimum absolute atomic E-state index is 0.386. The molecule has 4 heteroatoms. The number of nitrogen functional groups attached to an aromatic ring is 1. The Kier molecular flexibility index (Phi) is 2.41. The van der Waals surface area contributed by atoms with Gasteiger partial charge in [-0.1, -0.05) is 0 Å². The summed E-state index contributed by atoms with van der Waals surface area (Å²) in [4.78, 5) is 8.12. The Labute approximate surface area is 88.8 Å². The van der Waals surface area contributed by atoms with Crippen molar-refractivity contribution in [3.63, 3.8) is 0 Å². The summed E-state index contributed by atoms with van der Waals surface area (Å²) in [5, 5.41) is 0. The summed E-state index contributed by atoms with van der Waals surface area (Å²) in [7, 11) is 0. The van der Waals surface area contributed by atoms with E-state index in [1.807, 2.05) is 24.7 Å². The Morgan fingerprint density at radius 2 is 2.20 bits per heavy atom. The second-order valence-corrected chi connectivity index (χ2v) is 3.75. The summed E-state index contributed by atoms with van der Waals surface area (Å²) < 4.78 is 2.11. The number of anilines is 1. The molecule has 0 amide bonds. The molecule has 0 aromatic carbocycles. The SMILES string of the molecule is CC(C)n1cncc1-c1ccnc(N)c1. The lowest BCUT2D eigenvalue weighted by molar-refractivity contribution is 0.605. The third-order valence-corrected chi connectivity index (χ3v) is 2.30. The van der Waals surface area contributed by atoms with Crippen LogP contribution in [0.2, 0.25) is 0 Å². The zero-order valence-corrected chi connectivity index (χ0v) is 8.88. The monoisotopic (exact) mass is 202 g/mol. The first kappa shape index (κ1) is 9.71. The van der Waals surface area contributed by atoms with Crippen LogP contribution in [0, 0.1) is 0 Å². The van der Waals surface area contributed by atoms with Crippen LogP contribution in [0.25, 0.3) is 11.3 Å². The molecule has 2 rings (SSSR count). The highest BCUT2D eigenvalue weighted by molar-refractivity contribution is 5.61. The zero-order valence-electron chi connectivity index (χ0n) is 8.88. The topological polar surface area (TPSA) is 56.7 Å². The van der Waals surface area contributed by atoms with Crippen LogP contribution >= 0.6 is 0 Å². The number of pyridine rings is 1. The number of imidazole rings is 1. The molecule has 0 aliphatic heterocycles. The maximum Gasteiger partial charge on any atom is 0.123 e. The molecule has 78 valence electrons. The van der Waals surface area contributed by atoms with Gasteiger partial charge >= 0.3 is 0 Å². The molecule has 0 aliphatic carbocycles. The fourth-order valence-electron chi connectivity index (χ4n) is 1.55. The highest BCUT2D eigenvalue weighted by atomic mass is 15.1. The first-order chi connectivity index (χ1) is 7.18. The fourth-order valence-corrected chi connectivity index (χ4v) is 1.55. The second-order valence-electron chi connectivity index (χ2n) is 3.75. The van der Waals surface area contributed by atoms with Gasteiger partial charge in [0.1, 0.15) is 5.82 Å². The average Bonchev–Trinajstić information content (AvgIpc) is 2.65. The lowest BCUT2D eigenvalue weighted by Crippen LogP contribution is -2.01. The van der Waals surface area contributed by atoms with Crippen LogP contribution in [0.4, 0.5) is 5.82 Å². The molecule has 0 unspecified atom stereocenters. The molecule has 0 spiro atoms. The lowest BCUT2D eigenvalue weighted by Gasteiger charge is -2.11. The second kappa shape index (κ2) is 3.73. The molecule has 0 atom stereocenters. The molecule has 2 N–H and O–H groups in total. The molecule has 15 heavy (non-hydrogen) atoms. The van der Waals surface area contributed by atoms with E-state index in [9.17, 15) is 0 Å². The van der Waals surface area contributed by atoms with Crippen molar-refractivity contribution in [2.24, 2.45) is 0 Å². The number of nitrogens with zero attached hydrogens (tertiary/aromatic N) is 3. The Bertz CT molecular complexity index is 459. The zero-order chi connectivity index (χ0) is 10.8. The number of hydrogen-bond acceptors (Lipinski definition) is 3. The minimum Gasteiger partial charge on any atom is -0.384 e. The van der Waals surface area contributed by atoms with E-state index in [2.05, 4.69) is 28.4 Å². The van der Waals surface area contributed by atoms with Gasteiger partial charge in [0.05, 0.1) is 18.2 Å². The number of aromatic nitrogens is 3. The van der Waals surface area contributed by atoms with Crippen molar-refractivity contribution < 1.29 is 0 Å². The van der Waals surface area contributed by atoms with Gasteiger partial charge in [-0.15, -0.1) is 0 Å². The van der Waals surface area contributed by atoms with E-state index < -0.39 is 0 Å². The Morgan fingerprint density at radius 1 is 1.40 bits per heavy atom. The molecule has 0 saturated heterocycles. The van der Waals surface area contributed by atoms with Crippen molar-refractivity contribution in [3.05, 3.63) is 30.9 Å². The van der Waals surface area contributed by atoms with Gasteiger partial charge in [-0.25, -0.2) is 9.97 Å². The third kappa shape index (κ3) is 1.83. The molecule has 2 heterocycles. The van der Waals surface area contributed by atoms with Crippen molar-refractivity contribution in [1.29, 1.82) is 0 Å². The maximum absolute atomic E-state index is 5.65. The quantitative estimate of drug-likeness (QED) is 0.811. The van der Waals surface area contributed by atoms with E-state index in [0.717, 1.165) is 11.3 Å². The largest absolute Gasteiger partial charge is 0.384 e. The molecular weight excluding hydrogens is 188 g/mol. The van der Waals surface area contributed by atoms with Crippen LogP contribution in [-0.2, 0) is 0 Å². The van der Waals surface area contributed by atoms with Gasteiger partial charge in [-0.2, -0.15) is 0 Å². The Balaban J connectivity index is 2.49. The van der Waals surface area contributed by atoms with Gasteiger partial charge in [0, 0.05) is 17.8 Å². The van der Waals surface area contributed by atoms with Crippen molar-refractivity contribution in [1.82, 2.24) is 14.5 Å². The summed E-state index contributed by atoms with van der Waals surface area (Å²) in [6.07, 6.45) is 5.38. The maximum atomic E-state index is 5.65. The van der Waals surface area contributed by atoms with Gasteiger partial charge in [-0.3, -0.25) is 0 Å². The van der Waals surface area contributed by atoms with Crippen molar-refractivity contribution in [3.8, 4) is 11.3 Å². The van der Waals surface area contributed by atoms with Gasteiger partial charge < -0.3 is 10.3 Å². The van der Waals surface area contributed by atoms with Gasteiger partial charge in [-0.05, 0) is 26.0 Å². The fraction of sp³-hybridized carbons (Fsp3) is 0.273. The van der Waals surface area contributed by atoms with Crippen molar-refractivity contribution in [2.45, 2.75) is 19.9 Å². The average molecular weight is 202 g/mol. The summed E-state index contributed by atoms with van der Waals surface area (Å²) in [6, 6.07) is 4.18. The third-order valence-electron chi connectivity index (χ3n) is 2.30. The molecule has 2 aromatic heterocycles. The first-order valence-electron chi connectivity index (χ1n) is 4.92. The normalized spacial score (nSPS) is 10.9. The predicted molar refractivity (Wildman–Crippen MR) is 60.3 cm³/mol. The molecule has 0 saturated carbocycles. The number of hydrogen-bond donors (Lipinski definition) is 1. The van der Waals surface area contributed by atoms with Crippen LogP contribution in [0.15, 0.2) is 30.9 Å². The smallest absolute Gasteiger partial charge is 0.123 e. The predicted octanol–water partition coefficient (Wildman–Crippen LogP) is 2.11. The van der Waals surface area contributed by atoms with Crippen LogP contribution in [0.1, 0.15) is 19.9 Å². The molecule has 4 nitrogen and oxygen atoms in total. The van der Waals surface area contributed by atoms with Crippen molar-refractivity contribution in [2.75, 3.05) is 5.73 Å². The molecule has 0 bridgehead atoms. The first-order valence-corrected chi connectivity index (χ1v) is 4.92. The van der Waals surface area contributed by atoms with Gasteiger partial charge in [0.25, 0.3) is 0 Å². The molecule has 0 fully saturated rings. The van der Waals surface area contributed by atoms with Crippen LogP contribution < -0.4 is 5.73 Å². The van der Waals surface area contributed by atoms with E-state index in [1.54, 1.807) is 6.20 Å². The van der Waals surface area contributed by atoms with Crippen molar-refractivity contribution >= 4 is 5.82 Å². The Hall–Kier alpha value is -1.84. The van der Waals surface area contributed by atoms with Crippen LogP contribution in [0.3, 0.4) is 0 Å². The number of rotatable bonds is 2. The van der Waals surface area contributed by atoms with E-state index in [0.29, 0.717) is 11.9 Å². The standard InChI is InChI=1S/C11H14N4/c1-8(2)15-7-13-6-10(15)9-3-4-14-11(12)5-9/h3-8H,1-2H3,(H2,12,14). The summed E-state index contributed by atoms with van der Waals surface area (Å²) >= 11 is 0. The van der Waals surface area contributed by atoms with E-state index >= 15 is 0 Å². The molecular formula is C11H14N4. The minimum atomic E-state index is 0.386. The van der Waals surface area contributed by atoms with Gasteiger partial charge in [0.2, 0.25) is 0 Å². The van der Waals surface area contributed by atoms with E-state index in [1.165, 1.54) is 0 Å². The molecule has 0 radical (unpaired) electrons. The molecule has 0 aliphatic rings. The summed E-state index contributed by atoms with van der Waals surface area (Å²) in [6.45, 7) is 4.24. The van der Waals surface area contributed by atoms with Crippen LogP contribution in [-0.4, -0.2) is 14.5 Å². The summed E-state index contributed by atoms with van der Waals surface area (Å²) in [5.74, 6) is 0.531. The summed E-state index contributed by atoms with van der Waals surface area (Å²) in [5.41, 5.74) is 7.77. The number of nitrogens with two attached hydrogens (primary N) is 1. The highest BCUT2D eigenvalue weighted by Crippen LogP contribution is 2.22. The van der Waals surface area contributed by atoms with E-state index in [4.69, 9.17) is 5.73 Å². The highest BCUT2D eigenvalue weighted by Gasteiger charge is 2.07. The molecule has 2 aromatic rings. The lowest BCUT2D eigenvalue weighted by atomic mass is 10.2. The van der Waals surface area contributed by atoms with Gasteiger partial charge in [0.15, 0.2) is 0 Å². The van der Waals surface area contributed by atoms with E-state index in [-0.39, 0.29) is 0 Å². The Morgan fingerprint density at radius 3 is 2.87 bits per heavy atom. The van der Waals surface area contributed by atoms with Crippen LogP contribution in [0.5, 0.6) is 0 Å².